The number of hydrogen-bond donors (Lipinski definition) is 1. The Bertz CT molecular complexity index is 319. The maximum atomic E-state index is 12.2. The molecule has 19 heavy (non-hydrogen) atoms. The summed E-state index contributed by atoms with van der Waals surface area (Å²) in [6.07, 6.45) is 4.55. The van der Waals surface area contributed by atoms with E-state index < -0.39 is 0 Å². The standard InChI is InChI=1S/C14H25N3O2/c1-2-3-12-4-8-16(9-5-12)13(18)14(19)17-10-6-15-7-11-17/h12,15H,2-11H2,1H3. The van der Waals surface area contributed by atoms with Crippen LogP contribution in [0.1, 0.15) is 32.6 Å². The number of piperidine rings is 1. The van der Waals surface area contributed by atoms with E-state index in [-0.39, 0.29) is 11.8 Å². The van der Waals surface area contributed by atoms with Crippen molar-refractivity contribution in [3.63, 3.8) is 0 Å². The van der Waals surface area contributed by atoms with Crippen LogP contribution in [0.2, 0.25) is 0 Å². The van der Waals surface area contributed by atoms with Gasteiger partial charge in [0, 0.05) is 39.3 Å². The molecule has 108 valence electrons. The minimum Gasteiger partial charge on any atom is -0.334 e. The molecule has 2 rings (SSSR count). The van der Waals surface area contributed by atoms with Gasteiger partial charge in [-0.3, -0.25) is 9.59 Å². The lowest BCUT2D eigenvalue weighted by Crippen LogP contribution is -2.53. The first-order chi connectivity index (χ1) is 9.22. The van der Waals surface area contributed by atoms with Gasteiger partial charge in [0.25, 0.3) is 0 Å². The predicted molar refractivity (Wildman–Crippen MR) is 73.7 cm³/mol. The molecule has 0 unspecified atom stereocenters. The summed E-state index contributed by atoms with van der Waals surface area (Å²) in [5.74, 6) is 0.135. The zero-order chi connectivity index (χ0) is 13.7. The minimum atomic E-state index is -0.310. The number of rotatable bonds is 2. The molecule has 2 heterocycles. The summed E-state index contributed by atoms with van der Waals surface area (Å²) in [5.41, 5.74) is 0. The third kappa shape index (κ3) is 3.69. The smallest absolute Gasteiger partial charge is 0.312 e. The first-order valence-corrected chi connectivity index (χ1v) is 7.51. The van der Waals surface area contributed by atoms with Crippen molar-refractivity contribution in [2.75, 3.05) is 39.3 Å². The molecule has 0 aromatic heterocycles. The van der Waals surface area contributed by atoms with Gasteiger partial charge in [0.05, 0.1) is 0 Å². The van der Waals surface area contributed by atoms with E-state index >= 15 is 0 Å². The number of likely N-dealkylation sites (tertiary alicyclic amines) is 1. The van der Waals surface area contributed by atoms with Gasteiger partial charge in [-0.05, 0) is 18.8 Å². The quantitative estimate of drug-likeness (QED) is 0.739. The van der Waals surface area contributed by atoms with Gasteiger partial charge >= 0.3 is 11.8 Å². The molecule has 0 saturated carbocycles. The van der Waals surface area contributed by atoms with Crippen molar-refractivity contribution in [3.05, 3.63) is 0 Å². The van der Waals surface area contributed by atoms with E-state index in [4.69, 9.17) is 0 Å². The summed E-state index contributed by atoms with van der Waals surface area (Å²) in [4.78, 5) is 27.7. The zero-order valence-electron chi connectivity index (χ0n) is 11.9. The van der Waals surface area contributed by atoms with Crippen LogP contribution in [0.25, 0.3) is 0 Å². The van der Waals surface area contributed by atoms with Crippen LogP contribution >= 0.6 is 0 Å². The van der Waals surface area contributed by atoms with Gasteiger partial charge in [-0.25, -0.2) is 0 Å². The van der Waals surface area contributed by atoms with E-state index in [0.29, 0.717) is 13.1 Å². The average Bonchev–Trinajstić information content (AvgIpc) is 2.48. The minimum absolute atomic E-state index is 0.295. The highest BCUT2D eigenvalue weighted by molar-refractivity contribution is 6.34. The monoisotopic (exact) mass is 267 g/mol. The van der Waals surface area contributed by atoms with Crippen molar-refractivity contribution in [2.24, 2.45) is 5.92 Å². The second kappa shape index (κ2) is 6.89. The maximum absolute atomic E-state index is 12.2. The lowest BCUT2D eigenvalue weighted by atomic mass is 9.92. The van der Waals surface area contributed by atoms with Gasteiger partial charge in [-0.1, -0.05) is 19.8 Å². The molecule has 2 amide bonds. The molecular formula is C14H25N3O2. The van der Waals surface area contributed by atoms with E-state index in [9.17, 15) is 9.59 Å². The maximum Gasteiger partial charge on any atom is 0.312 e. The van der Waals surface area contributed by atoms with Crippen molar-refractivity contribution >= 4 is 11.8 Å². The first-order valence-electron chi connectivity index (χ1n) is 7.51. The fourth-order valence-electron chi connectivity index (χ4n) is 2.97. The van der Waals surface area contributed by atoms with Crippen LogP contribution in [0.5, 0.6) is 0 Å². The third-order valence-electron chi connectivity index (χ3n) is 4.19. The molecule has 2 aliphatic heterocycles. The molecule has 0 radical (unpaired) electrons. The lowest BCUT2D eigenvalue weighted by Gasteiger charge is -2.34. The summed E-state index contributed by atoms with van der Waals surface area (Å²) >= 11 is 0. The van der Waals surface area contributed by atoms with Gasteiger partial charge in [0.2, 0.25) is 0 Å². The highest BCUT2D eigenvalue weighted by Gasteiger charge is 2.30. The molecular weight excluding hydrogens is 242 g/mol. The first kappa shape index (κ1) is 14.3. The van der Waals surface area contributed by atoms with Crippen LogP contribution in [0.4, 0.5) is 0 Å². The van der Waals surface area contributed by atoms with E-state index in [1.54, 1.807) is 9.80 Å². The number of nitrogens with zero attached hydrogens (tertiary/aromatic N) is 2. The van der Waals surface area contributed by atoms with E-state index in [1.165, 1.54) is 12.8 Å². The van der Waals surface area contributed by atoms with Crippen LogP contribution < -0.4 is 5.32 Å². The largest absolute Gasteiger partial charge is 0.334 e. The van der Waals surface area contributed by atoms with Gasteiger partial charge in [-0.15, -0.1) is 0 Å². The summed E-state index contributed by atoms with van der Waals surface area (Å²) in [7, 11) is 0. The highest BCUT2D eigenvalue weighted by Crippen LogP contribution is 2.21. The Balaban J connectivity index is 1.81. The second-order valence-electron chi connectivity index (χ2n) is 5.57. The Morgan fingerprint density at radius 2 is 1.53 bits per heavy atom. The molecule has 1 N–H and O–H groups in total. The number of carbonyl (C=O) groups excluding carboxylic acids is 2. The molecule has 0 atom stereocenters. The molecule has 0 bridgehead atoms. The van der Waals surface area contributed by atoms with Crippen molar-refractivity contribution in [3.8, 4) is 0 Å². The van der Waals surface area contributed by atoms with Crippen molar-refractivity contribution in [2.45, 2.75) is 32.6 Å². The Hall–Kier alpha value is -1.10. The number of amides is 2. The average molecular weight is 267 g/mol. The SMILES string of the molecule is CCCC1CCN(C(=O)C(=O)N2CCNCC2)CC1. The van der Waals surface area contributed by atoms with Gasteiger partial charge in [0.15, 0.2) is 0 Å². The molecule has 2 saturated heterocycles. The molecule has 5 heteroatoms. The summed E-state index contributed by atoms with van der Waals surface area (Å²) < 4.78 is 0. The van der Waals surface area contributed by atoms with Gasteiger partial charge in [0.1, 0.15) is 0 Å². The Kier molecular flexibility index (Phi) is 5.19. The van der Waals surface area contributed by atoms with E-state index in [2.05, 4.69) is 12.2 Å². The molecule has 2 fully saturated rings. The number of nitrogens with one attached hydrogen (secondary N) is 1. The van der Waals surface area contributed by atoms with E-state index in [0.717, 1.165) is 44.9 Å². The van der Waals surface area contributed by atoms with Gasteiger partial charge < -0.3 is 15.1 Å². The fraction of sp³-hybridized carbons (Fsp3) is 0.857. The number of piperazine rings is 1. The summed E-state index contributed by atoms with van der Waals surface area (Å²) in [6.45, 7) is 6.58. The molecule has 0 aromatic rings. The van der Waals surface area contributed by atoms with Crippen molar-refractivity contribution in [1.29, 1.82) is 0 Å². The predicted octanol–water partition coefficient (Wildman–Crippen LogP) is 0.457. The molecule has 2 aliphatic rings. The Morgan fingerprint density at radius 1 is 1.00 bits per heavy atom. The van der Waals surface area contributed by atoms with Crippen LogP contribution in [0, 0.1) is 5.92 Å². The summed E-state index contributed by atoms with van der Waals surface area (Å²) in [5, 5.41) is 3.19. The normalized spacial score (nSPS) is 21.5. The third-order valence-corrected chi connectivity index (χ3v) is 4.19. The number of hydrogen-bond acceptors (Lipinski definition) is 3. The van der Waals surface area contributed by atoms with E-state index in [1.807, 2.05) is 0 Å². The molecule has 0 spiro atoms. The van der Waals surface area contributed by atoms with Crippen LogP contribution in [-0.2, 0) is 9.59 Å². The van der Waals surface area contributed by atoms with Crippen molar-refractivity contribution < 1.29 is 9.59 Å². The topological polar surface area (TPSA) is 52.7 Å². The van der Waals surface area contributed by atoms with Crippen LogP contribution in [0.3, 0.4) is 0 Å². The Morgan fingerprint density at radius 3 is 2.05 bits per heavy atom. The second-order valence-corrected chi connectivity index (χ2v) is 5.57. The fourth-order valence-corrected chi connectivity index (χ4v) is 2.97. The van der Waals surface area contributed by atoms with Crippen LogP contribution in [0.15, 0.2) is 0 Å². The molecule has 5 nitrogen and oxygen atoms in total. The van der Waals surface area contributed by atoms with Gasteiger partial charge in [-0.2, -0.15) is 0 Å². The molecule has 0 aromatic carbocycles. The highest BCUT2D eigenvalue weighted by atomic mass is 16.2. The lowest BCUT2D eigenvalue weighted by molar-refractivity contribution is -0.153. The van der Waals surface area contributed by atoms with Crippen molar-refractivity contribution in [1.82, 2.24) is 15.1 Å². The van der Waals surface area contributed by atoms with Crippen LogP contribution in [-0.4, -0.2) is 60.9 Å². The Labute approximate surface area is 115 Å². The zero-order valence-corrected chi connectivity index (χ0v) is 11.9. The number of carbonyl (C=O) groups is 2. The summed E-state index contributed by atoms with van der Waals surface area (Å²) in [6, 6.07) is 0. The molecule has 0 aliphatic carbocycles.